The van der Waals surface area contributed by atoms with Crippen LogP contribution < -0.4 is 10.6 Å². The maximum absolute atomic E-state index is 12.0. The normalized spacial score (nSPS) is 13.5. The van der Waals surface area contributed by atoms with Crippen molar-refractivity contribution in [3.05, 3.63) is 29.3 Å². The van der Waals surface area contributed by atoms with E-state index in [-0.39, 0.29) is 24.7 Å². The summed E-state index contributed by atoms with van der Waals surface area (Å²) in [6, 6.07) is 5.10. The van der Waals surface area contributed by atoms with Crippen molar-refractivity contribution < 1.29 is 19.5 Å². The van der Waals surface area contributed by atoms with Crippen LogP contribution in [0.2, 0.25) is 0 Å². The minimum atomic E-state index is -1.01. The van der Waals surface area contributed by atoms with Crippen LogP contribution in [0.5, 0.6) is 0 Å². The Hall–Kier alpha value is -2.37. The van der Waals surface area contributed by atoms with Crippen LogP contribution >= 0.6 is 0 Å². The van der Waals surface area contributed by atoms with E-state index in [4.69, 9.17) is 5.11 Å². The summed E-state index contributed by atoms with van der Waals surface area (Å²) in [5, 5.41) is 14.1. The molecule has 3 N–H and O–H groups in total. The number of aliphatic carboxylic acids is 1. The van der Waals surface area contributed by atoms with E-state index in [2.05, 4.69) is 10.6 Å². The molecule has 0 bridgehead atoms. The Bertz CT molecular complexity index is 594. The molecule has 0 atom stereocenters. The average molecular weight is 304 g/mol. The lowest BCUT2D eigenvalue weighted by Gasteiger charge is -2.10. The van der Waals surface area contributed by atoms with Crippen molar-refractivity contribution in [2.45, 2.75) is 32.6 Å². The number of aryl methyl sites for hydroxylation is 1. The highest BCUT2D eigenvalue weighted by Gasteiger charge is 2.22. The van der Waals surface area contributed by atoms with Crippen LogP contribution in [0.3, 0.4) is 0 Å². The Balaban J connectivity index is 1.97. The molecule has 1 aromatic rings. The van der Waals surface area contributed by atoms with Gasteiger partial charge in [-0.3, -0.25) is 14.4 Å². The lowest BCUT2D eigenvalue weighted by atomic mass is 10.1. The highest BCUT2D eigenvalue weighted by Crippen LogP contribution is 2.27. The van der Waals surface area contributed by atoms with Crippen molar-refractivity contribution in [3.63, 3.8) is 0 Å². The smallest absolute Gasteiger partial charge is 0.303 e. The summed E-state index contributed by atoms with van der Waals surface area (Å²) in [5.74, 6) is -0.946. The average Bonchev–Trinajstić information content (AvgIpc) is 3.29. The van der Waals surface area contributed by atoms with Gasteiger partial charge in [-0.25, -0.2) is 0 Å². The summed E-state index contributed by atoms with van der Waals surface area (Å²) < 4.78 is 0. The van der Waals surface area contributed by atoms with E-state index in [9.17, 15) is 14.4 Å². The molecule has 22 heavy (non-hydrogen) atoms. The predicted octanol–water partition coefficient (Wildman–Crippen LogP) is 1.94. The molecular formula is C16H20N2O4. The van der Waals surface area contributed by atoms with Gasteiger partial charge in [0.15, 0.2) is 0 Å². The van der Waals surface area contributed by atoms with Gasteiger partial charge in [-0.2, -0.15) is 0 Å². The Kier molecular flexibility index (Phi) is 5.14. The molecule has 1 aliphatic carbocycles. The molecule has 0 saturated heterocycles. The maximum atomic E-state index is 12.0. The molecule has 6 heteroatoms. The van der Waals surface area contributed by atoms with E-state index in [1.165, 1.54) is 12.8 Å². The zero-order valence-electron chi connectivity index (χ0n) is 12.5. The van der Waals surface area contributed by atoms with Crippen LogP contribution in [0.15, 0.2) is 18.2 Å². The first-order chi connectivity index (χ1) is 10.5. The number of anilines is 1. The molecular weight excluding hydrogens is 284 g/mol. The van der Waals surface area contributed by atoms with Gasteiger partial charge in [0, 0.05) is 24.2 Å². The van der Waals surface area contributed by atoms with Gasteiger partial charge in [0.05, 0.1) is 6.42 Å². The van der Waals surface area contributed by atoms with Crippen LogP contribution in [-0.2, 0) is 9.59 Å². The van der Waals surface area contributed by atoms with Crippen LogP contribution in [0.1, 0.15) is 41.6 Å². The molecule has 1 aliphatic rings. The van der Waals surface area contributed by atoms with Crippen LogP contribution in [-0.4, -0.2) is 29.4 Å². The predicted molar refractivity (Wildman–Crippen MR) is 81.7 cm³/mol. The van der Waals surface area contributed by atoms with Gasteiger partial charge in [0.25, 0.3) is 5.91 Å². The summed E-state index contributed by atoms with van der Waals surface area (Å²) >= 11 is 0. The van der Waals surface area contributed by atoms with Crippen LogP contribution in [0, 0.1) is 12.8 Å². The Morgan fingerprint density at radius 2 is 1.95 bits per heavy atom. The number of rotatable bonds is 7. The standard InChI is InChI=1S/C16H20N2O4/c1-10-2-5-12(16(22)17-9-11-3-4-11)8-13(10)18-14(19)6-7-15(20)21/h2,5,8,11H,3-4,6-7,9H2,1H3,(H,17,22)(H,18,19)(H,20,21). The fraction of sp³-hybridized carbons (Fsp3) is 0.438. The molecule has 0 aliphatic heterocycles. The Morgan fingerprint density at radius 1 is 1.23 bits per heavy atom. The zero-order valence-corrected chi connectivity index (χ0v) is 12.5. The van der Waals surface area contributed by atoms with Crippen LogP contribution in [0.25, 0.3) is 0 Å². The van der Waals surface area contributed by atoms with E-state index in [1.807, 2.05) is 6.92 Å². The fourth-order valence-electron chi connectivity index (χ4n) is 1.99. The van der Waals surface area contributed by atoms with Gasteiger partial charge in [0.1, 0.15) is 0 Å². The Morgan fingerprint density at radius 3 is 2.59 bits per heavy atom. The van der Waals surface area contributed by atoms with Crippen molar-refractivity contribution in [1.82, 2.24) is 5.32 Å². The Labute approximate surface area is 128 Å². The minimum absolute atomic E-state index is 0.0904. The quantitative estimate of drug-likeness (QED) is 0.717. The first-order valence-electron chi connectivity index (χ1n) is 7.36. The molecule has 0 aromatic heterocycles. The molecule has 2 rings (SSSR count). The van der Waals surface area contributed by atoms with Gasteiger partial charge in [-0.05, 0) is 43.4 Å². The van der Waals surface area contributed by atoms with Crippen molar-refractivity contribution in [2.75, 3.05) is 11.9 Å². The third-order valence-corrected chi connectivity index (χ3v) is 3.59. The number of hydrogen-bond donors (Lipinski definition) is 3. The van der Waals surface area contributed by atoms with E-state index < -0.39 is 5.97 Å². The fourth-order valence-corrected chi connectivity index (χ4v) is 1.99. The molecule has 0 spiro atoms. The number of amides is 2. The summed E-state index contributed by atoms with van der Waals surface area (Å²) in [7, 11) is 0. The number of carboxylic acids is 1. The third kappa shape index (κ3) is 4.87. The van der Waals surface area contributed by atoms with Crippen molar-refractivity contribution in [2.24, 2.45) is 5.92 Å². The van der Waals surface area contributed by atoms with Gasteiger partial charge in [-0.15, -0.1) is 0 Å². The third-order valence-electron chi connectivity index (χ3n) is 3.59. The number of benzene rings is 1. The molecule has 1 saturated carbocycles. The molecule has 6 nitrogen and oxygen atoms in total. The van der Waals surface area contributed by atoms with Crippen molar-refractivity contribution in [3.8, 4) is 0 Å². The van der Waals surface area contributed by atoms with E-state index in [0.29, 0.717) is 23.7 Å². The van der Waals surface area contributed by atoms with E-state index >= 15 is 0 Å². The second kappa shape index (κ2) is 7.06. The summed E-state index contributed by atoms with van der Waals surface area (Å²) in [4.78, 5) is 34.2. The van der Waals surface area contributed by atoms with E-state index in [0.717, 1.165) is 5.56 Å². The molecule has 2 amide bonds. The van der Waals surface area contributed by atoms with Gasteiger partial charge in [-0.1, -0.05) is 6.07 Å². The zero-order chi connectivity index (χ0) is 16.1. The first kappa shape index (κ1) is 16.0. The van der Waals surface area contributed by atoms with Gasteiger partial charge in [0.2, 0.25) is 5.91 Å². The topological polar surface area (TPSA) is 95.5 Å². The lowest BCUT2D eigenvalue weighted by Crippen LogP contribution is -2.25. The SMILES string of the molecule is Cc1ccc(C(=O)NCC2CC2)cc1NC(=O)CCC(=O)O. The van der Waals surface area contributed by atoms with E-state index in [1.54, 1.807) is 18.2 Å². The number of nitrogens with one attached hydrogen (secondary N) is 2. The first-order valence-corrected chi connectivity index (χ1v) is 7.36. The maximum Gasteiger partial charge on any atom is 0.303 e. The molecule has 0 heterocycles. The summed E-state index contributed by atoms with van der Waals surface area (Å²) in [6.45, 7) is 2.51. The number of carbonyl (C=O) groups is 3. The summed E-state index contributed by atoms with van der Waals surface area (Å²) in [5.41, 5.74) is 1.84. The van der Waals surface area contributed by atoms with Crippen LogP contribution in [0.4, 0.5) is 5.69 Å². The molecule has 1 aromatic carbocycles. The molecule has 0 radical (unpaired) electrons. The minimum Gasteiger partial charge on any atom is -0.481 e. The van der Waals surface area contributed by atoms with Crippen molar-refractivity contribution >= 4 is 23.5 Å². The monoisotopic (exact) mass is 304 g/mol. The molecule has 1 fully saturated rings. The number of carbonyl (C=O) groups excluding carboxylic acids is 2. The second-order valence-electron chi connectivity index (χ2n) is 5.63. The van der Waals surface area contributed by atoms with Gasteiger partial charge >= 0.3 is 5.97 Å². The molecule has 0 unspecified atom stereocenters. The van der Waals surface area contributed by atoms with Gasteiger partial charge < -0.3 is 15.7 Å². The largest absolute Gasteiger partial charge is 0.481 e. The number of carboxylic acid groups (broad SMARTS) is 1. The number of hydrogen-bond acceptors (Lipinski definition) is 3. The highest BCUT2D eigenvalue weighted by molar-refractivity contribution is 5.98. The lowest BCUT2D eigenvalue weighted by molar-refractivity contribution is -0.138. The second-order valence-corrected chi connectivity index (χ2v) is 5.63. The highest BCUT2D eigenvalue weighted by atomic mass is 16.4. The molecule has 118 valence electrons. The summed E-state index contributed by atoms with van der Waals surface area (Å²) in [6.07, 6.45) is 2.03. The van der Waals surface area contributed by atoms with Crippen molar-refractivity contribution in [1.29, 1.82) is 0 Å².